The first-order valence-corrected chi connectivity index (χ1v) is 12.4. The standard InChI is InChI=1S/C25H42N8O/c1-4-34-17-16-32-12-14-33(15-13-32)24-18-23(26)29-25(30-24)28-20-22-8-6-21(7-9-22)19-27-10-5-11-31(2)3/h6-9,18,27H,4-5,10-17,19-20H2,1-3H3,(H3,26,28,29,30). The van der Waals surface area contributed by atoms with Crippen LogP contribution in [-0.4, -0.2) is 92.9 Å². The minimum absolute atomic E-state index is 0.488. The second-order valence-corrected chi connectivity index (χ2v) is 9.00. The molecule has 1 aliphatic rings. The quantitative estimate of drug-likeness (QED) is 0.358. The summed E-state index contributed by atoms with van der Waals surface area (Å²) in [5.41, 5.74) is 8.57. The molecule has 3 rings (SSSR count). The van der Waals surface area contributed by atoms with E-state index < -0.39 is 0 Å². The van der Waals surface area contributed by atoms with Gasteiger partial charge in [0, 0.05) is 58.5 Å². The third kappa shape index (κ3) is 9.06. The molecular formula is C25H42N8O. The Morgan fingerprint density at radius 3 is 2.41 bits per heavy atom. The number of nitrogens with zero attached hydrogens (tertiary/aromatic N) is 5. The van der Waals surface area contributed by atoms with E-state index in [1.165, 1.54) is 11.1 Å². The van der Waals surface area contributed by atoms with Crippen LogP contribution in [0.1, 0.15) is 24.5 Å². The molecule has 0 amide bonds. The van der Waals surface area contributed by atoms with Crippen LogP contribution in [-0.2, 0) is 17.8 Å². The van der Waals surface area contributed by atoms with Gasteiger partial charge in [-0.1, -0.05) is 24.3 Å². The average molecular weight is 471 g/mol. The molecule has 1 saturated heterocycles. The summed E-state index contributed by atoms with van der Waals surface area (Å²) < 4.78 is 5.48. The van der Waals surface area contributed by atoms with Crippen molar-refractivity contribution in [3.8, 4) is 0 Å². The van der Waals surface area contributed by atoms with Crippen LogP contribution in [0.25, 0.3) is 0 Å². The van der Waals surface area contributed by atoms with Gasteiger partial charge >= 0.3 is 0 Å². The maximum atomic E-state index is 6.09. The van der Waals surface area contributed by atoms with Gasteiger partial charge in [-0.2, -0.15) is 9.97 Å². The summed E-state index contributed by atoms with van der Waals surface area (Å²) in [5, 5.41) is 6.84. The summed E-state index contributed by atoms with van der Waals surface area (Å²) >= 11 is 0. The van der Waals surface area contributed by atoms with Crippen molar-refractivity contribution in [3.63, 3.8) is 0 Å². The Kier molecular flexibility index (Phi) is 10.8. The van der Waals surface area contributed by atoms with Crippen LogP contribution in [0.3, 0.4) is 0 Å². The highest BCUT2D eigenvalue weighted by atomic mass is 16.5. The fourth-order valence-electron chi connectivity index (χ4n) is 3.94. The minimum atomic E-state index is 0.488. The molecule has 9 heteroatoms. The van der Waals surface area contributed by atoms with Crippen molar-refractivity contribution in [2.75, 3.05) is 89.1 Å². The van der Waals surface area contributed by atoms with Crippen molar-refractivity contribution in [2.45, 2.75) is 26.4 Å². The predicted molar refractivity (Wildman–Crippen MR) is 140 cm³/mol. The molecule has 9 nitrogen and oxygen atoms in total. The van der Waals surface area contributed by atoms with Crippen molar-refractivity contribution in [1.82, 2.24) is 25.1 Å². The zero-order valence-electron chi connectivity index (χ0n) is 21.1. The lowest BCUT2D eigenvalue weighted by Crippen LogP contribution is -2.47. The summed E-state index contributed by atoms with van der Waals surface area (Å²) in [7, 11) is 4.21. The maximum absolute atomic E-state index is 6.09. The molecule has 0 bridgehead atoms. The number of hydrogen-bond acceptors (Lipinski definition) is 9. The molecule has 0 saturated carbocycles. The molecule has 1 aliphatic heterocycles. The van der Waals surface area contributed by atoms with Crippen LogP contribution in [0.4, 0.5) is 17.6 Å². The van der Waals surface area contributed by atoms with E-state index in [2.05, 4.69) is 68.7 Å². The topological polar surface area (TPSA) is 94.8 Å². The highest BCUT2D eigenvalue weighted by molar-refractivity contribution is 5.52. The van der Waals surface area contributed by atoms with Gasteiger partial charge in [-0.15, -0.1) is 0 Å². The van der Waals surface area contributed by atoms with E-state index in [-0.39, 0.29) is 0 Å². The second-order valence-electron chi connectivity index (χ2n) is 9.00. The van der Waals surface area contributed by atoms with Crippen molar-refractivity contribution >= 4 is 17.6 Å². The number of piperazine rings is 1. The van der Waals surface area contributed by atoms with Gasteiger partial charge in [0.25, 0.3) is 0 Å². The molecule has 0 radical (unpaired) electrons. The van der Waals surface area contributed by atoms with E-state index in [1.807, 2.05) is 13.0 Å². The number of aromatic nitrogens is 2. The maximum Gasteiger partial charge on any atom is 0.226 e. The first-order chi connectivity index (χ1) is 16.5. The summed E-state index contributed by atoms with van der Waals surface area (Å²) in [6.07, 6.45) is 1.15. The van der Waals surface area contributed by atoms with E-state index in [9.17, 15) is 0 Å². The molecule has 4 N–H and O–H groups in total. The van der Waals surface area contributed by atoms with Crippen molar-refractivity contribution in [3.05, 3.63) is 41.5 Å². The molecule has 1 aromatic carbocycles. The third-order valence-corrected chi connectivity index (χ3v) is 5.95. The van der Waals surface area contributed by atoms with Crippen LogP contribution < -0.4 is 21.3 Å². The van der Waals surface area contributed by atoms with Gasteiger partial charge in [0.1, 0.15) is 11.6 Å². The molecule has 34 heavy (non-hydrogen) atoms. The van der Waals surface area contributed by atoms with Crippen LogP contribution in [0, 0.1) is 0 Å². The van der Waals surface area contributed by atoms with Gasteiger partial charge in [0.15, 0.2) is 0 Å². The van der Waals surface area contributed by atoms with Gasteiger partial charge in [0.2, 0.25) is 5.95 Å². The van der Waals surface area contributed by atoms with Crippen molar-refractivity contribution < 1.29 is 4.74 Å². The van der Waals surface area contributed by atoms with E-state index in [0.717, 1.165) is 77.8 Å². The van der Waals surface area contributed by atoms with Gasteiger partial charge in [-0.05, 0) is 51.7 Å². The van der Waals surface area contributed by atoms with Crippen LogP contribution in [0.15, 0.2) is 30.3 Å². The largest absolute Gasteiger partial charge is 0.383 e. The molecular weight excluding hydrogens is 428 g/mol. The fourth-order valence-corrected chi connectivity index (χ4v) is 3.94. The molecule has 2 aromatic rings. The number of nitrogens with one attached hydrogen (secondary N) is 2. The molecule has 0 aliphatic carbocycles. The Morgan fingerprint density at radius 1 is 1.03 bits per heavy atom. The Labute approximate surface area is 204 Å². The lowest BCUT2D eigenvalue weighted by Gasteiger charge is -2.35. The Morgan fingerprint density at radius 2 is 1.74 bits per heavy atom. The number of benzene rings is 1. The van der Waals surface area contributed by atoms with Crippen LogP contribution in [0.2, 0.25) is 0 Å². The Bertz CT molecular complexity index is 837. The molecule has 1 aromatic heterocycles. The van der Waals surface area contributed by atoms with Crippen molar-refractivity contribution in [1.29, 1.82) is 0 Å². The lowest BCUT2D eigenvalue weighted by molar-refractivity contribution is 0.111. The smallest absolute Gasteiger partial charge is 0.226 e. The molecule has 2 heterocycles. The monoisotopic (exact) mass is 470 g/mol. The molecule has 0 unspecified atom stereocenters. The fraction of sp³-hybridized carbons (Fsp3) is 0.600. The number of nitrogens with two attached hydrogens (primary N) is 1. The first kappa shape index (κ1) is 26.2. The normalized spacial score (nSPS) is 14.6. The Hall–Kier alpha value is -2.46. The molecule has 188 valence electrons. The highest BCUT2D eigenvalue weighted by Crippen LogP contribution is 2.19. The van der Waals surface area contributed by atoms with Crippen molar-refractivity contribution in [2.24, 2.45) is 0 Å². The SMILES string of the molecule is CCOCCN1CCN(c2cc(N)nc(NCc3ccc(CNCCCN(C)C)cc3)n2)CC1. The molecule has 0 atom stereocenters. The minimum Gasteiger partial charge on any atom is -0.383 e. The van der Waals surface area contributed by atoms with Crippen LogP contribution in [0.5, 0.6) is 0 Å². The number of rotatable bonds is 14. The van der Waals surface area contributed by atoms with E-state index in [4.69, 9.17) is 15.5 Å². The predicted octanol–water partition coefficient (Wildman–Crippen LogP) is 1.87. The zero-order chi connectivity index (χ0) is 24.2. The highest BCUT2D eigenvalue weighted by Gasteiger charge is 2.19. The summed E-state index contributed by atoms with van der Waals surface area (Å²) in [6.45, 7) is 12.1. The number of nitrogen functional groups attached to an aromatic ring is 1. The lowest BCUT2D eigenvalue weighted by atomic mass is 10.1. The summed E-state index contributed by atoms with van der Waals surface area (Å²) in [5.74, 6) is 1.94. The van der Waals surface area contributed by atoms with Crippen LogP contribution >= 0.6 is 0 Å². The number of ether oxygens (including phenoxy) is 1. The average Bonchev–Trinajstić information content (AvgIpc) is 2.83. The summed E-state index contributed by atoms with van der Waals surface area (Å²) in [6, 6.07) is 10.5. The summed E-state index contributed by atoms with van der Waals surface area (Å²) in [4.78, 5) is 16.0. The van der Waals surface area contributed by atoms with Gasteiger partial charge in [-0.3, -0.25) is 4.90 Å². The second kappa shape index (κ2) is 14.1. The van der Waals surface area contributed by atoms with E-state index >= 15 is 0 Å². The van der Waals surface area contributed by atoms with Gasteiger partial charge in [0.05, 0.1) is 6.61 Å². The molecule has 0 spiro atoms. The zero-order valence-corrected chi connectivity index (χ0v) is 21.1. The third-order valence-electron chi connectivity index (χ3n) is 5.95. The first-order valence-electron chi connectivity index (χ1n) is 12.4. The van der Waals surface area contributed by atoms with Gasteiger partial charge < -0.3 is 30.9 Å². The van der Waals surface area contributed by atoms with E-state index in [0.29, 0.717) is 18.3 Å². The number of anilines is 3. The van der Waals surface area contributed by atoms with E-state index in [1.54, 1.807) is 0 Å². The number of hydrogen-bond donors (Lipinski definition) is 3. The van der Waals surface area contributed by atoms with Gasteiger partial charge in [-0.25, -0.2) is 0 Å². The molecule has 1 fully saturated rings. The Balaban J connectivity index is 1.44.